The summed E-state index contributed by atoms with van der Waals surface area (Å²) in [5, 5.41) is 21.4. The largest absolute Gasteiger partial charge is 0.313 e. The number of aromatic nitrogens is 2. The molecule has 5 heteroatoms. The molecule has 0 saturated heterocycles. The fourth-order valence-corrected chi connectivity index (χ4v) is 1.84. The molecule has 0 radical (unpaired) electrons. The van der Waals surface area contributed by atoms with Gasteiger partial charge in [0.2, 0.25) is 5.82 Å². The summed E-state index contributed by atoms with van der Waals surface area (Å²) in [7, 11) is 0. The van der Waals surface area contributed by atoms with E-state index in [1.165, 1.54) is 0 Å². The number of imidazole rings is 1. The van der Waals surface area contributed by atoms with Crippen LogP contribution in [0, 0.1) is 22.7 Å². The zero-order chi connectivity index (χ0) is 13.7. The third-order valence-electron chi connectivity index (χ3n) is 2.76. The Balaban J connectivity index is 2.43. The van der Waals surface area contributed by atoms with E-state index in [-0.39, 0.29) is 5.82 Å². The van der Waals surface area contributed by atoms with Gasteiger partial charge in [-0.15, -0.1) is 0 Å². The van der Waals surface area contributed by atoms with Gasteiger partial charge in [0.1, 0.15) is 12.1 Å². The van der Waals surface area contributed by atoms with E-state index in [0.717, 1.165) is 18.7 Å². The average molecular weight is 251 g/mol. The van der Waals surface area contributed by atoms with Crippen LogP contribution >= 0.6 is 0 Å². The third-order valence-corrected chi connectivity index (χ3v) is 2.76. The highest BCUT2D eigenvalue weighted by Crippen LogP contribution is 2.17. The minimum Gasteiger partial charge on any atom is -0.313 e. The van der Waals surface area contributed by atoms with Gasteiger partial charge in [-0.1, -0.05) is 13.0 Å². The fraction of sp³-hybridized carbons (Fsp3) is 0.214. The lowest BCUT2D eigenvalue weighted by Crippen LogP contribution is -2.12. The number of nitrogens with zero attached hydrogens (tertiary/aromatic N) is 4. The molecule has 2 rings (SSSR count). The Morgan fingerprint density at radius 1 is 1.32 bits per heavy atom. The first-order chi connectivity index (χ1) is 9.30. The van der Waals surface area contributed by atoms with Crippen LogP contribution in [0.2, 0.25) is 0 Å². The number of rotatable bonds is 4. The first-order valence-corrected chi connectivity index (χ1v) is 5.97. The molecule has 0 saturated carbocycles. The topological polar surface area (TPSA) is 77.4 Å². The molecule has 1 N–H and O–H groups in total. The van der Waals surface area contributed by atoms with Crippen LogP contribution in [-0.4, -0.2) is 16.1 Å². The summed E-state index contributed by atoms with van der Waals surface area (Å²) in [5.74, 6) is 0.274. The van der Waals surface area contributed by atoms with E-state index >= 15 is 0 Å². The molecule has 0 fully saturated rings. The SMILES string of the molecule is CCNCc1ccc(-n2ccnc2C#N)c(C#N)c1. The molecule has 1 aromatic carbocycles. The predicted octanol–water partition coefficient (Wildman–Crippen LogP) is 1.73. The highest BCUT2D eigenvalue weighted by atomic mass is 15.1. The van der Waals surface area contributed by atoms with E-state index in [9.17, 15) is 5.26 Å². The predicted molar refractivity (Wildman–Crippen MR) is 70.4 cm³/mol. The maximum atomic E-state index is 9.24. The van der Waals surface area contributed by atoms with E-state index in [1.54, 1.807) is 17.0 Å². The van der Waals surface area contributed by atoms with Crippen LogP contribution in [0.25, 0.3) is 5.69 Å². The van der Waals surface area contributed by atoms with Gasteiger partial charge in [-0.05, 0) is 24.2 Å². The van der Waals surface area contributed by atoms with Gasteiger partial charge in [0.15, 0.2) is 0 Å². The van der Waals surface area contributed by atoms with Crippen molar-refractivity contribution in [3.05, 3.63) is 47.5 Å². The summed E-state index contributed by atoms with van der Waals surface area (Å²) in [6.45, 7) is 3.63. The van der Waals surface area contributed by atoms with Crippen LogP contribution in [0.3, 0.4) is 0 Å². The van der Waals surface area contributed by atoms with E-state index in [1.807, 2.05) is 31.2 Å². The molecule has 0 aliphatic heterocycles. The zero-order valence-electron chi connectivity index (χ0n) is 10.6. The smallest absolute Gasteiger partial charge is 0.217 e. The number of nitrogens with one attached hydrogen (secondary N) is 1. The van der Waals surface area contributed by atoms with E-state index < -0.39 is 0 Å². The van der Waals surface area contributed by atoms with E-state index in [0.29, 0.717) is 11.3 Å². The lowest BCUT2D eigenvalue weighted by molar-refractivity contribution is 0.726. The number of hydrogen-bond acceptors (Lipinski definition) is 4. The number of nitriles is 2. The molecular formula is C14H13N5. The summed E-state index contributed by atoms with van der Waals surface area (Å²) in [5.41, 5.74) is 2.25. The molecule has 0 atom stereocenters. The van der Waals surface area contributed by atoms with Crippen molar-refractivity contribution in [1.29, 1.82) is 10.5 Å². The highest BCUT2D eigenvalue weighted by Gasteiger charge is 2.09. The van der Waals surface area contributed by atoms with Gasteiger partial charge < -0.3 is 5.32 Å². The second kappa shape index (κ2) is 5.81. The van der Waals surface area contributed by atoms with Crippen molar-refractivity contribution in [2.45, 2.75) is 13.5 Å². The molecule has 0 aliphatic carbocycles. The second-order valence-electron chi connectivity index (χ2n) is 3.98. The van der Waals surface area contributed by atoms with Crippen LogP contribution in [0.1, 0.15) is 23.9 Å². The maximum Gasteiger partial charge on any atom is 0.217 e. The quantitative estimate of drug-likeness (QED) is 0.897. The van der Waals surface area contributed by atoms with Crippen molar-refractivity contribution < 1.29 is 0 Å². The lowest BCUT2D eigenvalue weighted by Gasteiger charge is -2.08. The van der Waals surface area contributed by atoms with Gasteiger partial charge in [0.05, 0.1) is 11.3 Å². The summed E-state index contributed by atoms with van der Waals surface area (Å²) >= 11 is 0. The minimum absolute atomic E-state index is 0.274. The van der Waals surface area contributed by atoms with Crippen molar-refractivity contribution in [1.82, 2.24) is 14.9 Å². The Kier molecular flexibility index (Phi) is 3.92. The molecule has 1 heterocycles. The number of benzene rings is 1. The van der Waals surface area contributed by atoms with Crippen LogP contribution in [0.4, 0.5) is 0 Å². The van der Waals surface area contributed by atoms with Crippen molar-refractivity contribution in [2.75, 3.05) is 6.54 Å². The Labute approximate surface area is 111 Å². The van der Waals surface area contributed by atoms with Crippen LogP contribution in [-0.2, 0) is 6.54 Å². The van der Waals surface area contributed by atoms with Gasteiger partial charge in [0.25, 0.3) is 0 Å². The molecule has 0 spiro atoms. The first-order valence-electron chi connectivity index (χ1n) is 5.97. The molecule has 0 bridgehead atoms. The second-order valence-corrected chi connectivity index (χ2v) is 3.98. The molecule has 94 valence electrons. The number of hydrogen-bond donors (Lipinski definition) is 1. The monoisotopic (exact) mass is 251 g/mol. The van der Waals surface area contributed by atoms with Crippen LogP contribution in [0.15, 0.2) is 30.6 Å². The summed E-state index contributed by atoms with van der Waals surface area (Å²) < 4.78 is 1.62. The van der Waals surface area contributed by atoms with E-state index in [2.05, 4.69) is 16.4 Å². The summed E-state index contributed by atoms with van der Waals surface area (Å²) in [4.78, 5) is 3.94. The average Bonchev–Trinajstić information content (AvgIpc) is 2.93. The lowest BCUT2D eigenvalue weighted by atomic mass is 10.1. The Bertz CT molecular complexity index is 657. The molecule has 0 aliphatic rings. The van der Waals surface area contributed by atoms with Gasteiger partial charge in [-0.2, -0.15) is 10.5 Å². The van der Waals surface area contributed by atoms with Crippen molar-refractivity contribution in [3.8, 4) is 17.8 Å². The minimum atomic E-state index is 0.274. The maximum absolute atomic E-state index is 9.24. The Morgan fingerprint density at radius 2 is 2.16 bits per heavy atom. The molecule has 0 amide bonds. The molecule has 19 heavy (non-hydrogen) atoms. The molecule has 5 nitrogen and oxygen atoms in total. The third kappa shape index (κ3) is 2.62. The zero-order valence-corrected chi connectivity index (χ0v) is 10.6. The fourth-order valence-electron chi connectivity index (χ4n) is 1.84. The van der Waals surface area contributed by atoms with E-state index in [4.69, 9.17) is 5.26 Å². The first kappa shape index (κ1) is 12.8. The van der Waals surface area contributed by atoms with Crippen molar-refractivity contribution in [3.63, 3.8) is 0 Å². The van der Waals surface area contributed by atoms with Crippen molar-refractivity contribution in [2.24, 2.45) is 0 Å². The van der Waals surface area contributed by atoms with Gasteiger partial charge in [-0.25, -0.2) is 4.98 Å². The molecule has 0 unspecified atom stereocenters. The molecule has 1 aromatic heterocycles. The molecule has 2 aromatic rings. The van der Waals surface area contributed by atoms with Gasteiger partial charge in [-0.3, -0.25) is 4.57 Å². The van der Waals surface area contributed by atoms with Gasteiger partial charge in [0, 0.05) is 18.9 Å². The Hall–Kier alpha value is -2.63. The van der Waals surface area contributed by atoms with Crippen molar-refractivity contribution >= 4 is 0 Å². The summed E-state index contributed by atoms with van der Waals surface area (Å²) in [6, 6.07) is 9.79. The molecular weight excluding hydrogens is 238 g/mol. The van der Waals surface area contributed by atoms with Gasteiger partial charge >= 0.3 is 0 Å². The highest BCUT2D eigenvalue weighted by molar-refractivity contribution is 5.52. The van der Waals surface area contributed by atoms with Crippen LogP contribution in [0.5, 0.6) is 0 Å². The normalized spacial score (nSPS) is 9.84. The Morgan fingerprint density at radius 3 is 2.84 bits per heavy atom. The summed E-state index contributed by atoms with van der Waals surface area (Å²) in [6.07, 6.45) is 3.23. The van der Waals surface area contributed by atoms with Crippen LogP contribution < -0.4 is 5.32 Å². The standard InChI is InChI=1S/C14H13N5/c1-2-17-10-11-3-4-13(12(7-11)8-15)19-6-5-18-14(19)9-16/h3-7,17H,2,10H2,1H3.